The van der Waals surface area contributed by atoms with Crippen LogP contribution in [-0.2, 0) is 6.42 Å². The van der Waals surface area contributed by atoms with E-state index in [2.05, 4.69) is 5.32 Å². The van der Waals surface area contributed by atoms with Gasteiger partial charge in [-0.1, -0.05) is 35.9 Å². The number of aliphatic hydroxyl groups is 1. The molecule has 0 aromatic heterocycles. The van der Waals surface area contributed by atoms with Gasteiger partial charge in [0.25, 0.3) is 5.91 Å². The lowest BCUT2D eigenvalue weighted by atomic mass is 9.91. The fourth-order valence-electron chi connectivity index (χ4n) is 2.83. The summed E-state index contributed by atoms with van der Waals surface area (Å²) in [6.45, 7) is 4.68. The van der Waals surface area contributed by atoms with Crippen molar-refractivity contribution in [3.63, 3.8) is 0 Å². The first-order chi connectivity index (χ1) is 10.1. The van der Waals surface area contributed by atoms with Gasteiger partial charge in [-0.3, -0.25) is 4.79 Å². The molecule has 0 spiro atoms. The summed E-state index contributed by atoms with van der Waals surface area (Å²) in [7, 11) is 0. The molecule has 1 amide bonds. The van der Waals surface area contributed by atoms with E-state index in [0.717, 1.165) is 34.2 Å². The maximum Gasteiger partial charge on any atom is 0.251 e. The molecule has 1 aliphatic rings. The highest BCUT2D eigenvalue weighted by Crippen LogP contribution is 2.28. The molecule has 0 saturated carbocycles. The number of rotatable bonds is 2. The zero-order valence-corrected chi connectivity index (χ0v) is 12.3. The minimum atomic E-state index is -0.704. The summed E-state index contributed by atoms with van der Waals surface area (Å²) in [6.07, 6.45) is 0.144. The Balaban J connectivity index is 2.02. The SMILES string of the molecule is Cc1ccc(C)c(C(O)c2ccc3c(c2)C(=O)NCC3)c1. The van der Waals surface area contributed by atoms with Gasteiger partial charge in [0.1, 0.15) is 6.10 Å². The van der Waals surface area contributed by atoms with E-state index in [9.17, 15) is 9.90 Å². The second kappa shape index (κ2) is 5.34. The Labute approximate surface area is 124 Å². The minimum absolute atomic E-state index is 0.0498. The third-order valence-corrected chi connectivity index (χ3v) is 4.10. The number of aliphatic hydroxyl groups excluding tert-OH is 1. The summed E-state index contributed by atoms with van der Waals surface area (Å²) in [4.78, 5) is 11.9. The van der Waals surface area contributed by atoms with Crippen molar-refractivity contribution in [1.29, 1.82) is 0 Å². The van der Waals surface area contributed by atoms with E-state index in [-0.39, 0.29) is 5.91 Å². The lowest BCUT2D eigenvalue weighted by molar-refractivity contribution is 0.0945. The van der Waals surface area contributed by atoms with E-state index >= 15 is 0 Å². The molecule has 1 unspecified atom stereocenters. The Morgan fingerprint density at radius 1 is 1.14 bits per heavy atom. The Bertz CT molecular complexity index is 706. The highest BCUT2D eigenvalue weighted by Gasteiger charge is 2.20. The molecule has 2 aromatic rings. The number of amides is 1. The maximum atomic E-state index is 11.9. The molecular weight excluding hydrogens is 262 g/mol. The third kappa shape index (κ3) is 2.57. The largest absolute Gasteiger partial charge is 0.384 e. The minimum Gasteiger partial charge on any atom is -0.384 e. The molecule has 0 fully saturated rings. The van der Waals surface area contributed by atoms with Gasteiger partial charge < -0.3 is 10.4 Å². The van der Waals surface area contributed by atoms with E-state index in [1.54, 1.807) is 0 Å². The summed E-state index contributed by atoms with van der Waals surface area (Å²) in [5.74, 6) is -0.0498. The summed E-state index contributed by atoms with van der Waals surface area (Å²) in [6, 6.07) is 11.7. The molecule has 1 aliphatic heterocycles. The van der Waals surface area contributed by atoms with Crippen LogP contribution in [0, 0.1) is 13.8 Å². The zero-order chi connectivity index (χ0) is 15.0. The molecule has 21 heavy (non-hydrogen) atoms. The molecule has 3 heteroatoms. The van der Waals surface area contributed by atoms with Gasteiger partial charge >= 0.3 is 0 Å². The number of nitrogens with one attached hydrogen (secondary N) is 1. The van der Waals surface area contributed by atoms with E-state index in [1.165, 1.54) is 0 Å². The molecule has 3 nitrogen and oxygen atoms in total. The lowest BCUT2D eigenvalue weighted by Crippen LogP contribution is -2.31. The Kier molecular flexibility index (Phi) is 3.52. The summed E-state index contributed by atoms with van der Waals surface area (Å²) in [5.41, 5.74) is 5.56. The van der Waals surface area contributed by atoms with E-state index < -0.39 is 6.10 Å². The Morgan fingerprint density at radius 3 is 2.76 bits per heavy atom. The van der Waals surface area contributed by atoms with Crippen LogP contribution in [0.5, 0.6) is 0 Å². The maximum absolute atomic E-state index is 11.9. The van der Waals surface area contributed by atoms with Gasteiger partial charge in [-0.25, -0.2) is 0 Å². The Morgan fingerprint density at radius 2 is 1.95 bits per heavy atom. The van der Waals surface area contributed by atoms with Crippen molar-refractivity contribution in [1.82, 2.24) is 5.32 Å². The smallest absolute Gasteiger partial charge is 0.251 e. The number of hydrogen-bond donors (Lipinski definition) is 2. The highest BCUT2D eigenvalue weighted by molar-refractivity contribution is 5.96. The number of aryl methyl sites for hydroxylation is 2. The van der Waals surface area contributed by atoms with Crippen molar-refractivity contribution in [3.05, 3.63) is 69.8 Å². The average molecular weight is 281 g/mol. The molecule has 1 atom stereocenters. The van der Waals surface area contributed by atoms with E-state index in [0.29, 0.717) is 12.1 Å². The summed E-state index contributed by atoms with van der Waals surface area (Å²) >= 11 is 0. The number of hydrogen-bond acceptors (Lipinski definition) is 2. The average Bonchev–Trinajstić information content (AvgIpc) is 2.49. The number of carbonyl (C=O) groups is 1. The van der Waals surface area contributed by atoms with Crippen LogP contribution in [-0.4, -0.2) is 17.6 Å². The third-order valence-electron chi connectivity index (χ3n) is 4.10. The normalized spacial score (nSPS) is 15.3. The van der Waals surface area contributed by atoms with Crippen LogP contribution in [0.1, 0.15) is 44.3 Å². The standard InChI is InChI=1S/C18H19NO2/c1-11-3-4-12(2)15(9-11)17(20)14-6-5-13-7-8-19-18(21)16(13)10-14/h3-6,9-10,17,20H,7-8H2,1-2H3,(H,19,21). The van der Waals surface area contributed by atoms with Crippen LogP contribution < -0.4 is 5.32 Å². The molecular formula is C18H19NO2. The van der Waals surface area contributed by atoms with Crippen molar-refractivity contribution in [2.24, 2.45) is 0 Å². The molecule has 0 aliphatic carbocycles. The van der Waals surface area contributed by atoms with Gasteiger partial charge in [0, 0.05) is 12.1 Å². The van der Waals surface area contributed by atoms with Gasteiger partial charge in [-0.15, -0.1) is 0 Å². The van der Waals surface area contributed by atoms with Gasteiger partial charge in [0.2, 0.25) is 0 Å². The zero-order valence-electron chi connectivity index (χ0n) is 12.3. The Hall–Kier alpha value is -2.13. The molecule has 2 aromatic carbocycles. The molecule has 2 N–H and O–H groups in total. The van der Waals surface area contributed by atoms with Crippen molar-refractivity contribution in [3.8, 4) is 0 Å². The summed E-state index contributed by atoms with van der Waals surface area (Å²) in [5, 5.41) is 13.5. The molecule has 1 heterocycles. The first-order valence-corrected chi connectivity index (χ1v) is 7.22. The van der Waals surface area contributed by atoms with Gasteiger partial charge in [0.15, 0.2) is 0 Å². The predicted molar refractivity (Wildman–Crippen MR) is 82.5 cm³/mol. The van der Waals surface area contributed by atoms with Gasteiger partial charge in [-0.2, -0.15) is 0 Å². The topological polar surface area (TPSA) is 49.3 Å². The summed E-state index contributed by atoms with van der Waals surface area (Å²) < 4.78 is 0. The van der Waals surface area contributed by atoms with Crippen molar-refractivity contribution >= 4 is 5.91 Å². The first kappa shape index (κ1) is 13.8. The van der Waals surface area contributed by atoms with E-state index in [1.807, 2.05) is 50.2 Å². The van der Waals surface area contributed by atoms with Crippen LogP contribution in [0.2, 0.25) is 0 Å². The van der Waals surface area contributed by atoms with Gasteiger partial charge in [0.05, 0.1) is 0 Å². The van der Waals surface area contributed by atoms with Crippen LogP contribution in [0.15, 0.2) is 36.4 Å². The number of carbonyl (C=O) groups excluding carboxylic acids is 1. The van der Waals surface area contributed by atoms with Crippen LogP contribution in [0.25, 0.3) is 0 Å². The van der Waals surface area contributed by atoms with Crippen molar-refractivity contribution in [2.75, 3.05) is 6.54 Å². The van der Waals surface area contributed by atoms with Crippen LogP contribution in [0.3, 0.4) is 0 Å². The first-order valence-electron chi connectivity index (χ1n) is 7.22. The van der Waals surface area contributed by atoms with Crippen LogP contribution >= 0.6 is 0 Å². The number of fused-ring (bicyclic) bond motifs is 1. The molecule has 0 saturated heterocycles. The van der Waals surface area contributed by atoms with E-state index in [4.69, 9.17) is 0 Å². The van der Waals surface area contributed by atoms with Gasteiger partial charge in [-0.05, 0) is 48.6 Å². The lowest BCUT2D eigenvalue weighted by Gasteiger charge is -2.20. The monoisotopic (exact) mass is 281 g/mol. The quantitative estimate of drug-likeness (QED) is 0.889. The van der Waals surface area contributed by atoms with Crippen LogP contribution in [0.4, 0.5) is 0 Å². The molecule has 3 rings (SSSR count). The molecule has 0 radical (unpaired) electrons. The van der Waals surface area contributed by atoms with Crippen molar-refractivity contribution in [2.45, 2.75) is 26.4 Å². The molecule has 0 bridgehead atoms. The predicted octanol–water partition coefficient (Wildman–Crippen LogP) is 2.67. The second-order valence-corrected chi connectivity index (χ2v) is 5.69. The highest BCUT2D eigenvalue weighted by atomic mass is 16.3. The number of benzene rings is 2. The van der Waals surface area contributed by atoms with Crippen molar-refractivity contribution < 1.29 is 9.90 Å². The fourth-order valence-corrected chi connectivity index (χ4v) is 2.83. The molecule has 108 valence electrons. The fraction of sp³-hybridized carbons (Fsp3) is 0.278. The second-order valence-electron chi connectivity index (χ2n) is 5.69.